The van der Waals surface area contributed by atoms with Gasteiger partial charge in [0.15, 0.2) is 5.96 Å². The molecule has 0 unspecified atom stereocenters. The van der Waals surface area contributed by atoms with Crippen LogP contribution in [0.25, 0.3) is 0 Å². The zero-order valence-electron chi connectivity index (χ0n) is 19.6. The second-order valence-corrected chi connectivity index (χ2v) is 9.20. The molecule has 0 atom stereocenters. The number of ether oxygens (including phenoxy) is 1. The summed E-state index contributed by atoms with van der Waals surface area (Å²) in [6.07, 6.45) is 3.58. The molecule has 0 radical (unpaired) electrons. The molecule has 32 heavy (non-hydrogen) atoms. The van der Waals surface area contributed by atoms with Crippen LogP contribution in [-0.2, 0) is 17.8 Å². The van der Waals surface area contributed by atoms with Gasteiger partial charge in [-0.2, -0.15) is 0 Å². The number of rotatable bonds is 10. The van der Waals surface area contributed by atoms with Gasteiger partial charge in [-0.15, -0.1) is 35.3 Å². The Balaban J connectivity index is 0.00000363. The fourth-order valence-corrected chi connectivity index (χ4v) is 4.45. The minimum absolute atomic E-state index is 0. The Morgan fingerprint density at radius 1 is 1.28 bits per heavy atom. The van der Waals surface area contributed by atoms with E-state index in [1.54, 1.807) is 11.3 Å². The van der Waals surface area contributed by atoms with E-state index in [4.69, 9.17) is 9.73 Å². The van der Waals surface area contributed by atoms with Gasteiger partial charge in [0, 0.05) is 51.8 Å². The van der Waals surface area contributed by atoms with Crippen molar-refractivity contribution in [2.75, 3.05) is 39.8 Å². The number of thiazole rings is 1. The quantitative estimate of drug-likeness (QED) is 0.197. The van der Waals surface area contributed by atoms with Crippen LogP contribution < -0.4 is 5.32 Å². The summed E-state index contributed by atoms with van der Waals surface area (Å²) >= 11 is 1.69. The third-order valence-corrected chi connectivity index (χ3v) is 6.29. The number of aryl methyl sites for hydroxylation is 1. The lowest BCUT2D eigenvalue weighted by molar-refractivity contribution is 0.00564. The van der Waals surface area contributed by atoms with Crippen molar-refractivity contribution in [2.45, 2.75) is 52.3 Å². The number of aliphatic imine (C=N–C) groups is 1. The highest BCUT2D eigenvalue weighted by molar-refractivity contribution is 14.0. The van der Waals surface area contributed by atoms with Gasteiger partial charge in [-0.25, -0.2) is 4.98 Å². The van der Waals surface area contributed by atoms with E-state index < -0.39 is 0 Å². The van der Waals surface area contributed by atoms with Crippen LogP contribution in [0.2, 0.25) is 0 Å². The van der Waals surface area contributed by atoms with Crippen molar-refractivity contribution in [3.8, 4) is 0 Å². The minimum Gasteiger partial charge on any atom is -0.378 e. The average Bonchev–Trinajstić information content (AvgIpc) is 3.19. The van der Waals surface area contributed by atoms with Crippen LogP contribution in [0, 0.1) is 6.92 Å². The molecular formula is C24H38IN5OS. The largest absolute Gasteiger partial charge is 0.378 e. The molecule has 1 aromatic carbocycles. The molecule has 0 amide bonds. The van der Waals surface area contributed by atoms with E-state index in [1.807, 2.05) is 6.92 Å². The van der Waals surface area contributed by atoms with Crippen molar-refractivity contribution in [3.63, 3.8) is 0 Å². The second kappa shape index (κ2) is 14.8. The monoisotopic (exact) mass is 571 g/mol. The Bertz CT molecular complexity index is 793. The number of hydrogen-bond donors (Lipinski definition) is 1. The standard InChI is InChI=1S/C24H37N5OS.HI/c1-4-25-24(28(3)18-22-19-31-20(2)27-22)26-13-8-16-30-23-11-14-29(15-12-23)17-21-9-6-5-7-10-21;/h5-7,9-10,19,23H,4,8,11-18H2,1-3H3,(H,25,26);1H. The predicted molar refractivity (Wildman–Crippen MR) is 145 cm³/mol. The van der Waals surface area contributed by atoms with Gasteiger partial charge in [0.1, 0.15) is 0 Å². The fraction of sp³-hybridized carbons (Fsp3) is 0.583. The molecule has 1 saturated heterocycles. The number of guanidine groups is 1. The predicted octanol–water partition coefficient (Wildman–Crippen LogP) is 4.54. The Labute approximate surface area is 214 Å². The molecular weight excluding hydrogens is 533 g/mol. The summed E-state index contributed by atoms with van der Waals surface area (Å²) in [5.74, 6) is 0.933. The highest BCUT2D eigenvalue weighted by Gasteiger charge is 2.19. The topological polar surface area (TPSA) is 53.0 Å². The minimum atomic E-state index is 0. The molecule has 2 heterocycles. The second-order valence-electron chi connectivity index (χ2n) is 8.14. The Kier molecular flexibility index (Phi) is 12.5. The molecule has 1 aliphatic heterocycles. The summed E-state index contributed by atoms with van der Waals surface area (Å²) in [6, 6.07) is 10.7. The molecule has 1 aliphatic rings. The zero-order chi connectivity index (χ0) is 21.9. The summed E-state index contributed by atoms with van der Waals surface area (Å²) in [5, 5.41) is 6.60. The van der Waals surface area contributed by atoms with E-state index in [-0.39, 0.29) is 24.0 Å². The smallest absolute Gasteiger partial charge is 0.194 e. The number of piperidine rings is 1. The van der Waals surface area contributed by atoms with Crippen LogP contribution in [-0.4, -0.2) is 66.7 Å². The lowest BCUT2D eigenvalue weighted by Gasteiger charge is -2.31. The van der Waals surface area contributed by atoms with Crippen molar-refractivity contribution < 1.29 is 4.74 Å². The van der Waals surface area contributed by atoms with Gasteiger partial charge in [-0.3, -0.25) is 9.89 Å². The van der Waals surface area contributed by atoms with E-state index in [2.05, 4.69) is 69.8 Å². The van der Waals surface area contributed by atoms with Gasteiger partial charge in [-0.05, 0) is 38.7 Å². The van der Waals surface area contributed by atoms with Gasteiger partial charge < -0.3 is 15.0 Å². The normalized spacial score (nSPS) is 15.4. The highest BCUT2D eigenvalue weighted by Crippen LogP contribution is 2.16. The first-order valence-electron chi connectivity index (χ1n) is 11.4. The van der Waals surface area contributed by atoms with Crippen molar-refractivity contribution >= 4 is 41.3 Å². The van der Waals surface area contributed by atoms with Gasteiger partial charge in [0.05, 0.1) is 23.4 Å². The van der Waals surface area contributed by atoms with Crippen LogP contribution in [0.5, 0.6) is 0 Å². The highest BCUT2D eigenvalue weighted by atomic mass is 127. The number of hydrogen-bond acceptors (Lipinski definition) is 5. The van der Waals surface area contributed by atoms with Crippen LogP contribution in [0.1, 0.15) is 42.5 Å². The molecule has 3 rings (SSSR count). The van der Waals surface area contributed by atoms with Crippen molar-refractivity contribution in [2.24, 2.45) is 4.99 Å². The van der Waals surface area contributed by atoms with Crippen LogP contribution in [0.4, 0.5) is 0 Å². The summed E-state index contributed by atoms with van der Waals surface area (Å²) in [5.41, 5.74) is 2.49. The van der Waals surface area contributed by atoms with Crippen LogP contribution >= 0.6 is 35.3 Å². The number of nitrogens with zero attached hydrogens (tertiary/aromatic N) is 4. The average molecular weight is 572 g/mol. The SMILES string of the molecule is CCNC(=NCCCOC1CCN(Cc2ccccc2)CC1)N(C)Cc1csc(C)n1.I. The van der Waals surface area contributed by atoms with Gasteiger partial charge >= 0.3 is 0 Å². The van der Waals surface area contributed by atoms with Crippen molar-refractivity contribution in [1.29, 1.82) is 0 Å². The summed E-state index contributed by atoms with van der Waals surface area (Å²) < 4.78 is 6.14. The number of aromatic nitrogens is 1. The molecule has 1 N–H and O–H groups in total. The Hall–Kier alpha value is -1.23. The zero-order valence-corrected chi connectivity index (χ0v) is 22.8. The molecule has 0 aliphatic carbocycles. The third kappa shape index (κ3) is 9.33. The Morgan fingerprint density at radius 2 is 2.03 bits per heavy atom. The first-order chi connectivity index (χ1) is 15.1. The molecule has 1 fully saturated rings. The number of nitrogens with one attached hydrogen (secondary N) is 1. The molecule has 1 aromatic heterocycles. The summed E-state index contributed by atoms with van der Waals surface area (Å²) in [6.45, 7) is 10.6. The van der Waals surface area contributed by atoms with Gasteiger partial charge in [0.2, 0.25) is 0 Å². The van der Waals surface area contributed by atoms with E-state index in [0.717, 1.165) is 81.8 Å². The summed E-state index contributed by atoms with van der Waals surface area (Å²) in [7, 11) is 2.07. The van der Waals surface area contributed by atoms with Gasteiger partial charge in [0.25, 0.3) is 0 Å². The van der Waals surface area contributed by atoms with Crippen molar-refractivity contribution in [1.82, 2.24) is 20.1 Å². The van der Waals surface area contributed by atoms with Gasteiger partial charge in [-0.1, -0.05) is 30.3 Å². The van der Waals surface area contributed by atoms with Crippen LogP contribution in [0.3, 0.4) is 0 Å². The molecule has 0 saturated carbocycles. The lowest BCUT2D eigenvalue weighted by atomic mass is 10.1. The first-order valence-corrected chi connectivity index (χ1v) is 12.3. The third-order valence-electron chi connectivity index (χ3n) is 5.46. The lowest BCUT2D eigenvalue weighted by Crippen LogP contribution is -2.38. The fourth-order valence-electron chi connectivity index (χ4n) is 3.84. The van der Waals surface area contributed by atoms with Crippen molar-refractivity contribution in [3.05, 3.63) is 52.0 Å². The molecule has 0 bridgehead atoms. The number of likely N-dealkylation sites (tertiary alicyclic amines) is 1. The summed E-state index contributed by atoms with van der Waals surface area (Å²) in [4.78, 5) is 14.0. The first kappa shape index (κ1) is 27.0. The molecule has 2 aromatic rings. The number of benzene rings is 1. The van der Waals surface area contributed by atoms with E-state index in [0.29, 0.717) is 6.10 Å². The van der Waals surface area contributed by atoms with E-state index >= 15 is 0 Å². The molecule has 0 spiro atoms. The van der Waals surface area contributed by atoms with Crippen LogP contribution in [0.15, 0.2) is 40.7 Å². The van der Waals surface area contributed by atoms with E-state index in [1.165, 1.54) is 5.56 Å². The van der Waals surface area contributed by atoms with E-state index in [9.17, 15) is 0 Å². The Morgan fingerprint density at radius 3 is 2.69 bits per heavy atom. The molecule has 178 valence electrons. The molecule has 8 heteroatoms. The maximum atomic E-state index is 6.14. The maximum Gasteiger partial charge on any atom is 0.194 e. The number of halogens is 1. The maximum absolute atomic E-state index is 6.14. The molecule has 6 nitrogen and oxygen atoms in total.